The number of hydrogen-bond donors (Lipinski definition) is 2. The molecule has 0 aliphatic carbocycles. The van der Waals surface area contributed by atoms with Crippen molar-refractivity contribution >= 4 is 5.84 Å². The molecule has 4 heteroatoms. The molecule has 0 radical (unpaired) electrons. The van der Waals surface area contributed by atoms with Gasteiger partial charge >= 0.3 is 0 Å². The molecule has 0 aromatic carbocycles. The van der Waals surface area contributed by atoms with Crippen molar-refractivity contribution in [1.82, 2.24) is 10.2 Å². The predicted molar refractivity (Wildman–Crippen MR) is 53.5 cm³/mol. The van der Waals surface area contributed by atoms with E-state index in [2.05, 4.69) is 15.2 Å². The van der Waals surface area contributed by atoms with Crippen LogP contribution in [-0.4, -0.2) is 16.0 Å². The Labute approximate surface area is 78.3 Å². The highest BCUT2D eigenvalue weighted by molar-refractivity contribution is 5.82. The maximum atomic E-state index is 5.70. The van der Waals surface area contributed by atoms with Crippen LogP contribution in [-0.2, 0) is 6.54 Å². The number of aliphatic imine (C=N–C) groups is 1. The van der Waals surface area contributed by atoms with Crippen molar-refractivity contribution in [3.63, 3.8) is 0 Å². The van der Waals surface area contributed by atoms with Gasteiger partial charge in [-0.05, 0) is 6.92 Å². The van der Waals surface area contributed by atoms with E-state index in [0.29, 0.717) is 18.3 Å². The zero-order valence-electron chi connectivity index (χ0n) is 8.33. The Hall–Kier alpha value is -1.32. The van der Waals surface area contributed by atoms with Gasteiger partial charge in [0, 0.05) is 17.2 Å². The zero-order valence-corrected chi connectivity index (χ0v) is 8.33. The van der Waals surface area contributed by atoms with Crippen molar-refractivity contribution < 1.29 is 0 Å². The van der Waals surface area contributed by atoms with Crippen LogP contribution in [0.25, 0.3) is 0 Å². The molecule has 1 rings (SSSR count). The fourth-order valence-electron chi connectivity index (χ4n) is 0.894. The highest BCUT2D eigenvalue weighted by Crippen LogP contribution is 2.04. The minimum Gasteiger partial charge on any atom is -0.387 e. The molecule has 0 atom stereocenters. The fourth-order valence-corrected chi connectivity index (χ4v) is 0.894. The van der Waals surface area contributed by atoms with Crippen molar-refractivity contribution in [2.24, 2.45) is 16.6 Å². The fraction of sp³-hybridized carbons (Fsp3) is 0.556. The molecule has 0 amide bonds. The number of hydrogen-bond acceptors (Lipinski definition) is 2. The average Bonchev–Trinajstić information content (AvgIpc) is 2.47. The van der Waals surface area contributed by atoms with Crippen molar-refractivity contribution in [3.05, 3.63) is 17.5 Å². The number of amidine groups is 1. The molecule has 13 heavy (non-hydrogen) atoms. The number of nitrogens with zero attached hydrogens (tertiary/aromatic N) is 2. The highest BCUT2D eigenvalue weighted by Gasteiger charge is 2.01. The number of nitrogens with one attached hydrogen (secondary N) is 1. The zero-order chi connectivity index (χ0) is 9.84. The summed E-state index contributed by atoms with van der Waals surface area (Å²) in [5.74, 6) is 1.01. The van der Waals surface area contributed by atoms with Crippen LogP contribution >= 0.6 is 0 Å². The van der Waals surface area contributed by atoms with Gasteiger partial charge in [-0.1, -0.05) is 13.8 Å². The summed E-state index contributed by atoms with van der Waals surface area (Å²) in [4.78, 5) is 4.26. The van der Waals surface area contributed by atoms with E-state index in [0.717, 1.165) is 11.3 Å². The first-order valence-electron chi connectivity index (χ1n) is 4.40. The van der Waals surface area contributed by atoms with Gasteiger partial charge in [-0.3, -0.25) is 10.1 Å². The lowest BCUT2D eigenvalue weighted by molar-refractivity contribution is 0.854. The SMILES string of the molecule is Cc1[nH]ncc1CN=C(N)C(C)C. The van der Waals surface area contributed by atoms with Gasteiger partial charge in [-0.15, -0.1) is 0 Å². The maximum absolute atomic E-state index is 5.70. The summed E-state index contributed by atoms with van der Waals surface area (Å²) in [6.07, 6.45) is 1.78. The minimum atomic E-state index is 0.312. The van der Waals surface area contributed by atoms with Crippen molar-refractivity contribution in [3.8, 4) is 0 Å². The first-order valence-corrected chi connectivity index (χ1v) is 4.40. The van der Waals surface area contributed by atoms with Crippen molar-refractivity contribution in [2.45, 2.75) is 27.3 Å². The van der Waals surface area contributed by atoms with Gasteiger partial charge in [-0.25, -0.2) is 0 Å². The molecule has 0 unspecified atom stereocenters. The molecule has 0 aliphatic rings. The van der Waals surface area contributed by atoms with E-state index in [4.69, 9.17) is 5.73 Å². The molecule has 0 aliphatic heterocycles. The lowest BCUT2D eigenvalue weighted by Crippen LogP contribution is -2.18. The number of nitrogens with two attached hydrogens (primary N) is 1. The lowest BCUT2D eigenvalue weighted by Gasteiger charge is -2.02. The van der Waals surface area contributed by atoms with E-state index in [1.165, 1.54) is 0 Å². The Morgan fingerprint density at radius 2 is 2.38 bits per heavy atom. The Kier molecular flexibility index (Phi) is 3.06. The molecule has 1 heterocycles. The lowest BCUT2D eigenvalue weighted by atomic mass is 10.2. The number of aromatic nitrogens is 2. The van der Waals surface area contributed by atoms with Crippen LogP contribution in [0.4, 0.5) is 0 Å². The normalized spacial score (nSPS) is 12.5. The second kappa shape index (κ2) is 4.07. The summed E-state index contributed by atoms with van der Waals surface area (Å²) in [7, 11) is 0. The van der Waals surface area contributed by atoms with Gasteiger partial charge in [0.1, 0.15) is 0 Å². The number of aryl methyl sites for hydroxylation is 1. The molecule has 0 saturated heterocycles. The second-order valence-corrected chi connectivity index (χ2v) is 3.42. The molecular weight excluding hydrogens is 164 g/mol. The third-order valence-corrected chi connectivity index (χ3v) is 1.96. The molecule has 0 bridgehead atoms. The smallest absolute Gasteiger partial charge is 0.0967 e. The molecule has 0 spiro atoms. The van der Waals surface area contributed by atoms with Crippen molar-refractivity contribution in [1.29, 1.82) is 0 Å². The minimum absolute atomic E-state index is 0.312. The Morgan fingerprint density at radius 1 is 1.69 bits per heavy atom. The molecule has 1 aromatic heterocycles. The summed E-state index contributed by atoms with van der Waals surface area (Å²) in [5, 5.41) is 6.77. The first kappa shape index (κ1) is 9.77. The topological polar surface area (TPSA) is 67.1 Å². The number of H-pyrrole nitrogens is 1. The molecule has 4 nitrogen and oxygen atoms in total. The van der Waals surface area contributed by atoms with Gasteiger partial charge in [0.2, 0.25) is 0 Å². The van der Waals surface area contributed by atoms with Crippen LogP contribution in [0.3, 0.4) is 0 Å². The standard InChI is InChI=1S/C9H16N4/c1-6(2)9(10)11-4-8-5-12-13-7(8)3/h5-6H,4H2,1-3H3,(H2,10,11)(H,12,13). The van der Waals surface area contributed by atoms with E-state index in [-0.39, 0.29) is 0 Å². The molecule has 0 fully saturated rings. The molecule has 1 aromatic rings. The Balaban J connectivity index is 2.61. The number of aromatic amines is 1. The van der Waals surface area contributed by atoms with Gasteiger partial charge < -0.3 is 5.73 Å². The predicted octanol–water partition coefficient (Wildman–Crippen LogP) is 1.23. The molecule has 3 N–H and O–H groups in total. The van der Waals surface area contributed by atoms with Crippen LogP contribution in [0.15, 0.2) is 11.2 Å². The first-order chi connectivity index (χ1) is 6.11. The third-order valence-electron chi connectivity index (χ3n) is 1.96. The van der Waals surface area contributed by atoms with Crippen LogP contribution in [0.2, 0.25) is 0 Å². The summed E-state index contributed by atoms with van der Waals surface area (Å²) < 4.78 is 0. The van der Waals surface area contributed by atoms with E-state index in [9.17, 15) is 0 Å². The third kappa shape index (κ3) is 2.57. The van der Waals surface area contributed by atoms with E-state index in [1.807, 2.05) is 20.8 Å². The Morgan fingerprint density at radius 3 is 2.85 bits per heavy atom. The summed E-state index contributed by atoms with van der Waals surface area (Å²) in [6.45, 7) is 6.65. The highest BCUT2D eigenvalue weighted by atomic mass is 15.1. The largest absolute Gasteiger partial charge is 0.387 e. The van der Waals surface area contributed by atoms with E-state index in [1.54, 1.807) is 6.20 Å². The Bertz CT molecular complexity index is 298. The van der Waals surface area contributed by atoms with Gasteiger partial charge in [0.25, 0.3) is 0 Å². The van der Waals surface area contributed by atoms with Gasteiger partial charge in [-0.2, -0.15) is 5.10 Å². The molecular formula is C9H16N4. The molecule has 72 valence electrons. The molecule has 0 saturated carbocycles. The number of rotatable bonds is 3. The van der Waals surface area contributed by atoms with Crippen LogP contribution in [0.5, 0.6) is 0 Å². The van der Waals surface area contributed by atoms with Crippen LogP contribution in [0, 0.1) is 12.8 Å². The van der Waals surface area contributed by atoms with Gasteiger partial charge in [0.05, 0.1) is 18.6 Å². The van der Waals surface area contributed by atoms with Gasteiger partial charge in [0.15, 0.2) is 0 Å². The quantitative estimate of drug-likeness (QED) is 0.542. The summed E-state index contributed by atoms with van der Waals surface area (Å²) in [5.41, 5.74) is 7.86. The second-order valence-electron chi connectivity index (χ2n) is 3.42. The maximum Gasteiger partial charge on any atom is 0.0967 e. The van der Waals surface area contributed by atoms with Crippen LogP contribution < -0.4 is 5.73 Å². The monoisotopic (exact) mass is 180 g/mol. The van der Waals surface area contributed by atoms with E-state index >= 15 is 0 Å². The van der Waals surface area contributed by atoms with Crippen molar-refractivity contribution in [2.75, 3.05) is 0 Å². The average molecular weight is 180 g/mol. The summed E-state index contributed by atoms with van der Waals surface area (Å²) in [6, 6.07) is 0. The summed E-state index contributed by atoms with van der Waals surface area (Å²) >= 11 is 0. The van der Waals surface area contributed by atoms with E-state index < -0.39 is 0 Å². The van der Waals surface area contributed by atoms with Crippen LogP contribution in [0.1, 0.15) is 25.1 Å².